The van der Waals surface area contributed by atoms with Gasteiger partial charge in [-0.2, -0.15) is 0 Å². The molecule has 1 aromatic rings. The van der Waals surface area contributed by atoms with E-state index in [9.17, 15) is 14.4 Å². The van der Waals surface area contributed by atoms with Crippen LogP contribution in [-0.4, -0.2) is 49.6 Å². The molecule has 2 amide bonds. The minimum Gasteiger partial charge on any atom is -0.467 e. The molecule has 0 aromatic heterocycles. The Kier molecular flexibility index (Phi) is 9.12. The van der Waals surface area contributed by atoms with Crippen LogP contribution < -0.4 is 16.0 Å². The van der Waals surface area contributed by atoms with Gasteiger partial charge in [0.2, 0.25) is 11.8 Å². The molecule has 0 spiro atoms. The molecule has 1 aliphatic rings. The predicted octanol–water partition coefficient (Wildman–Crippen LogP) is 1.56. The standard InChI is InChI=1S/C22H33N3O4/c1-4-15(2)19(25-20(26)17-11-8-14-23-17)21(27)24-18(22(28)29-3)13-12-16-9-6-5-7-10-16/h5-7,9-10,15,17-19,23H,4,8,11-14H2,1-3H3,(H,24,27)(H,25,26)/t15?,17-,18-,19-/m0/s1. The van der Waals surface area contributed by atoms with Crippen molar-refractivity contribution in [3.8, 4) is 0 Å². The van der Waals surface area contributed by atoms with Crippen molar-refractivity contribution in [3.05, 3.63) is 35.9 Å². The van der Waals surface area contributed by atoms with Gasteiger partial charge in [0, 0.05) is 0 Å². The second kappa shape index (κ2) is 11.6. The monoisotopic (exact) mass is 403 g/mol. The van der Waals surface area contributed by atoms with Crippen molar-refractivity contribution in [2.24, 2.45) is 5.92 Å². The molecular weight excluding hydrogens is 370 g/mol. The Balaban J connectivity index is 2.03. The first-order valence-electron chi connectivity index (χ1n) is 10.4. The summed E-state index contributed by atoms with van der Waals surface area (Å²) in [6.45, 7) is 4.70. The van der Waals surface area contributed by atoms with Crippen LogP contribution in [0.3, 0.4) is 0 Å². The first-order valence-corrected chi connectivity index (χ1v) is 10.4. The van der Waals surface area contributed by atoms with E-state index in [2.05, 4.69) is 16.0 Å². The Bertz CT molecular complexity index is 674. The summed E-state index contributed by atoms with van der Waals surface area (Å²) >= 11 is 0. The predicted molar refractivity (Wildman–Crippen MR) is 111 cm³/mol. The molecule has 0 aliphatic carbocycles. The highest BCUT2D eigenvalue weighted by Crippen LogP contribution is 2.12. The third kappa shape index (κ3) is 6.85. The lowest BCUT2D eigenvalue weighted by molar-refractivity contribution is -0.145. The highest BCUT2D eigenvalue weighted by atomic mass is 16.5. The fourth-order valence-electron chi connectivity index (χ4n) is 3.47. The van der Waals surface area contributed by atoms with E-state index in [0.29, 0.717) is 12.8 Å². The van der Waals surface area contributed by atoms with E-state index < -0.39 is 18.1 Å². The van der Waals surface area contributed by atoms with Crippen LogP contribution in [0, 0.1) is 5.92 Å². The molecule has 1 heterocycles. The van der Waals surface area contributed by atoms with Crippen molar-refractivity contribution in [2.45, 2.75) is 64.1 Å². The highest BCUT2D eigenvalue weighted by molar-refractivity contribution is 5.92. The summed E-state index contributed by atoms with van der Waals surface area (Å²) in [6, 6.07) is 8.05. The topological polar surface area (TPSA) is 96.5 Å². The normalized spacial score (nSPS) is 19.1. The Morgan fingerprint density at radius 2 is 1.93 bits per heavy atom. The molecule has 4 atom stereocenters. The number of hydrogen-bond donors (Lipinski definition) is 3. The van der Waals surface area contributed by atoms with E-state index in [4.69, 9.17) is 4.74 Å². The van der Waals surface area contributed by atoms with Crippen molar-refractivity contribution < 1.29 is 19.1 Å². The zero-order chi connectivity index (χ0) is 21.2. The van der Waals surface area contributed by atoms with Crippen LogP contribution in [0.25, 0.3) is 0 Å². The van der Waals surface area contributed by atoms with Gasteiger partial charge in [0.05, 0.1) is 13.2 Å². The molecule has 1 unspecified atom stereocenters. The van der Waals surface area contributed by atoms with Gasteiger partial charge in [-0.15, -0.1) is 0 Å². The number of rotatable bonds is 10. The molecule has 7 heteroatoms. The van der Waals surface area contributed by atoms with E-state index in [1.165, 1.54) is 7.11 Å². The van der Waals surface area contributed by atoms with E-state index in [1.807, 2.05) is 44.2 Å². The number of esters is 1. The maximum atomic E-state index is 13.0. The number of amides is 2. The maximum Gasteiger partial charge on any atom is 0.328 e. The minimum atomic E-state index is -0.763. The summed E-state index contributed by atoms with van der Waals surface area (Å²) in [5, 5.41) is 8.83. The highest BCUT2D eigenvalue weighted by Gasteiger charge is 2.32. The number of methoxy groups -OCH3 is 1. The molecule has 1 fully saturated rings. The molecule has 2 rings (SSSR count). The number of nitrogens with one attached hydrogen (secondary N) is 3. The van der Waals surface area contributed by atoms with Gasteiger partial charge in [0.25, 0.3) is 0 Å². The quantitative estimate of drug-likeness (QED) is 0.515. The van der Waals surface area contributed by atoms with Crippen molar-refractivity contribution in [2.75, 3.05) is 13.7 Å². The van der Waals surface area contributed by atoms with Gasteiger partial charge in [-0.25, -0.2) is 4.79 Å². The molecule has 0 saturated carbocycles. The zero-order valence-electron chi connectivity index (χ0n) is 17.6. The number of benzene rings is 1. The zero-order valence-corrected chi connectivity index (χ0v) is 17.6. The third-order valence-corrected chi connectivity index (χ3v) is 5.54. The van der Waals surface area contributed by atoms with Crippen molar-refractivity contribution >= 4 is 17.8 Å². The average molecular weight is 404 g/mol. The van der Waals surface area contributed by atoms with E-state index in [1.54, 1.807) is 0 Å². The number of ether oxygens (including phenoxy) is 1. The number of carbonyl (C=O) groups is 3. The Labute approximate surface area is 173 Å². The van der Waals surface area contributed by atoms with Crippen LogP contribution in [-0.2, 0) is 25.5 Å². The van der Waals surface area contributed by atoms with Gasteiger partial charge in [-0.1, -0.05) is 50.6 Å². The second-order valence-corrected chi connectivity index (χ2v) is 7.63. The van der Waals surface area contributed by atoms with Crippen LogP contribution in [0.15, 0.2) is 30.3 Å². The molecule has 7 nitrogen and oxygen atoms in total. The molecule has 1 aromatic carbocycles. The number of aryl methyl sites for hydroxylation is 1. The minimum absolute atomic E-state index is 0.0622. The van der Waals surface area contributed by atoms with Gasteiger partial charge in [-0.05, 0) is 43.7 Å². The molecule has 0 bridgehead atoms. The third-order valence-electron chi connectivity index (χ3n) is 5.54. The van der Waals surface area contributed by atoms with E-state index >= 15 is 0 Å². The second-order valence-electron chi connectivity index (χ2n) is 7.63. The lowest BCUT2D eigenvalue weighted by Gasteiger charge is -2.27. The number of hydrogen-bond acceptors (Lipinski definition) is 5. The van der Waals surface area contributed by atoms with Crippen LogP contribution in [0.5, 0.6) is 0 Å². The SMILES string of the molecule is CCC(C)[C@H](NC(=O)[C@@H]1CCCN1)C(=O)N[C@@H](CCc1ccccc1)C(=O)OC. The maximum absolute atomic E-state index is 13.0. The first kappa shape index (κ1) is 22.9. The smallest absolute Gasteiger partial charge is 0.328 e. The lowest BCUT2D eigenvalue weighted by Crippen LogP contribution is -2.56. The Morgan fingerprint density at radius 1 is 1.21 bits per heavy atom. The molecule has 3 N–H and O–H groups in total. The molecule has 1 saturated heterocycles. The number of carbonyl (C=O) groups excluding carboxylic acids is 3. The summed E-state index contributed by atoms with van der Waals surface area (Å²) in [5.74, 6) is -1.07. The first-order chi connectivity index (χ1) is 14.0. The molecule has 1 aliphatic heterocycles. The van der Waals surface area contributed by atoms with Gasteiger partial charge in [0.1, 0.15) is 12.1 Å². The molecule has 160 valence electrons. The summed E-state index contributed by atoms with van der Waals surface area (Å²) in [7, 11) is 1.31. The average Bonchev–Trinajstić information content (AvgIpc) is 3.29. The Morgan fingerprint density at radius 3 is 2.52 bits per heavy atom. The summed E-state index contributed by atoms with van der Waals surface area (Å²) in [5.41, 5.74) is 1.08. The fraction of sp³-hybridized carbons (Fsp3) is 0.591. The Hall–Kier alpha value is -2.41. The van der Waals surface area contributed by atoms with Gasteiger partial charge in [0.15, 0.2) is 0 Å². The van der Waals surface area contributed by atoms with Crippen LogP contribution >= 0.6 is 0 Å². The summed E-state index contributed by atoms with van der Waals surface area (Å²) in [4.78, 5) is 37.7. The van der Waals surface area contributed by atoms with Crippen LogP contribution in [0.2, 0.25) is 0 Å². The van der Waals surface area contributed by atoms with Crippen molar-refractivity contribution in [1.82, 2.24) is 16.0 Å². The molecule has 29 heavy (non-hydrogen) atoms. The van der Waals surface area contributed by atoms with E-state index in [-0.39, 0.29) is 23.8 Å². The van der Waals surface area contributed by atoms with Gasteiger partial charge < -0.3 is 20.7 Å². The van der Waals surface area contributed by atoms with Gasteiger partial charge in [-0.3, -0.25) is 9.59 Å². The lowest BCUT2D eigenvalue weighted by atomic mass is 9.97. The molecular formula is C22H33N3O4. The van der Waals surface area contributed by atoms with Crippen molar-refractivity contribution in [3.63, 3.8) is 0 Å². The van der Waals surface area contributed by atoms with Crippen LogP contribution in [0.1, 0.15) is 45.1 Å². The van der Waals surface area contributed by atoms with Crippen molar-refractivity contribution in [1.29, 1.82) is 0 Å². The van der Waals surface area contributed by atoms with Crippen LogP contribution in [0.4, 0.5) is 0 Å². The summed E-state index contributed by atoms with van der Waals surface area (Å²) in [6.07, 6.45) is 3.50. The molecule has 0 radical (unpaired) electrons. The van der Waals surface area contributed by atoms with Gasteiger partial charge >= 0.3 is 5.97 Å². The largest absolute Gasteiger partial charge is 0.467 e. The summed E-state index contributed by atoms with van der Waals surface area (Å²) < 4.78 is 4.88. The van der Waals surface area contributed by atoms with E-state index in [0.717, 1.165) is 31.4 Å². The fourth-order valence-corrected chi connectivity index (χ4v) is 3.47.